The molecule has 33 heavy (non-hydrogen) atoms. The number of piperidine rings is 1. The van der Waals surface area contributed by atoms with E-state index in [0.717, 1.165) is 35.2 Å². The maximum atomic E-state index is 12.8. The first-order chi connectivity index (χ1) is 16.0. The van der Waals surface area contributed by atoms with Crippen molar-refractivity contribution in [1.82, 2.24) is 20.4 Å². The molecule has 0 bridgehead atoms. The number of carbonyl (C=O) groups is 1. The second-order valence-corrected chi connectivity index (χ2v) is 9.55. The van der Waals surface area contributed by atoms with E-state index < -0.39 is 0 Å². The fraction of sp³-hybridized carbons (Fsp3) is 0.400. The zero-order valence-electron chi connectivity index (χ0n) is 19.0. The van der Waals surface area contributed by atoms with Gasteiger partial charge in [-0.1, -0.05) is 50.9 Å². The molecule has 1 aliphatic rings. The molecule has 7 nitrogen and oxygen atoms in total. The Kier molecular flexibility index (Phi) is 7.77. The molecule has 2 aromatic carbocycles. The summed E-state index contributed by atoms with van der Waals surface area (Å²) in [4.78, 5) is 19.6. The van der Waals surface area contributed by atoms with Crippen LogP contribution in [0.3, 0.4) is 0 Å². The smallest absolute Gasteiger partial charge is 0.241 e. The van der Waals surface area contributed by atoms with E-state index in [0.29, 0.717) is 31.4 Å². The summed E-state index contributed by atoms with van der Waals surface area (Å²) < 4.78 is 12.2. The van der Waals surface area contributed by atoms with Crippen LogP contribution in [0.4, 0.5) is 0 Å². The van der Waals surface area contributed by atoms with Crippen molar-refractivity contribution in [2.45, 2.75) is 39.3 Å². The number of nitrogens with one attached hydrogen (secondary N) is 1. The SMILES string of the molecule is Cc1ccc(OCC(C)NC(=O)C2CCCN(Cc3nc(-c4cccc(Br)c4)no3)C2)cc1. The predicted molar refractivity (Wildman–Crippen MR) is 130 cm³/mol. The van der Waals surface area contributed by atoms with Crippen LogP contribution in [0.1, 0.15) is 31.2 Å². The van der Waals surface area contributed by atoms with Crippen molar-refractivity contribution in [1.29, 1.82) is 0 Å². The van der Waals surface area contributed by atoms with Crippen LogP contribution in [0.25, 0.3) is 11.4 Å². The average molecular weight is 513 g/mol. The van der Waals surface area contributed by atoms with E-state index >= 15 is 0 Å². The van der Waals surface area contributed by atoms with Gasteiger partial charge in [0, 0.05) is 16.6 Å². The largest absolute Gasteiger partial charge is 0.491 e. The minimum absolute atomic E-state index is 0.0620. The highest BCUT2D eigenvalue weighted by molar-refractivity contribution is 9.10. The molecule has 1 saturated heterocycles. The molecule has 2 atom stereocenters. The van der Waals surface area contributed by atoms with Gasteiger partial charge in [0.1, 0.15) is 12.4 Å². The fourth-order valence-electron chi connectivity index (χ4n) is 3.93. The summed E-state index contributed by atoms with van der Waals surface area (Å²) in [5.41, 5.74) is 2.09. The first kappa shape index (κ1) is 23.4. The number of rotatable bonds is 8. The van der Waals surface area contributed by atoms with Gasteiger partial charge >= 0.3 is 0 Å². The minimum atomic E-state index is -0.0714. The van der Waals surface area contributed by atoms with Crippen LogP contribution >= 0.6 is 15.9 Å². The summed E-state index contributed by atoms with van der Waals surface area (Å²) in [6, 6.07) is 15.7. The third-order valence-electron chi connectivity index (χ3n) is 5.70. The van der Waals surface area contributed by atoms with Crippen molar-refractivity contribution >= 4 is 21.8 Å². The third kappa shape index (κ3) is 6.65. The zero-order chi connectivity index (χ0) is 23.2. The van der Waals surface area contributed by atoms with Crippen LogP contribution < -0.4 is 10.1 Å². The van der Waals surface area contributed by atoms with Gasteiger partial charge in [-0.15, -0.1) is 0 Å². The van der Waals surface area contributed by atoms with Crippen LogP contribution in [0, 0.1) is 12.8 Å². The van der Waals surface area contributed by atoms with Gasteiger partial charge in [0.05, 0.1) is 18.5 Å². The lowest BCUT2D eigenvalue weighted by Crippen LogP contribution is -2.46. The number of benzene rings is 2. The predicted octanol–water partition coefficient (Wildman–Crippen LogP) is 4.60. The molecule has 0 aliphatic carbocycles. The number of aryl methyl sites for hydroxylation is 1. The van der Waals surface area contributed by atoms with E-state index in [1.54, 1.807) is 0 Å². The first-order valence-electron chi connectivity index (χ1n) is 11.3. The van der Waals surface area contributed by atoms with Gasteiger partial charge in [0.25, 0.3) is 0 Å². The number of halogens is 1. The summed E-state index contributed by atoms with van der Waals surface area (Å²) in [7, 11) is 0. The lowest BCUT2D eigenvalue weighted by Gasteiger charge is -2.31. The minimum Gasteiger partial charge on any atom is -0.491 e. The number of nitrogens with zero attached hydrogens (tertiary/aromatic N) is 3. The van der Waals surface area contributed by atoms with Crippen LogP contribution in [-0.2, 0) is 11.3 Å². The van der Waals surface area contributed by atoms with Gasteiger partial charge in [-0.25, -0.2) is 0 Å². The standard InChI is InChI=1S/C25H29BrN4O3/c1-17-8-10-22(11-9-17)32-16-18(2)27-25(31)20-6-4-12-30(14-20)15-23-28-24(29-33-23)19-5-3-7-21(26)13-19/h3,5,7-11,13,18,20H,4,6,12,14-16H2,1-2H3,(H,27,31). The van der Waals surface area contributed by atoms with Crippen LogP contribution in [-0.4, -0.2) is 46.7 Å². The molecule has 2 heterocycles. The third-order valence-corrected chi connectivity index (χ3v) is 6.19. The van der Waals surface area contributed by atoms with E-state index in [2.05, 4.69) is 36.3 Å². The summed E-state index contributed by atoms with van der Waals surface area (Å²) in [5, 5.41) is 7.21. The second kappa shape index (κ2) is 10.9. The number of carbonyl (C=O) groups excluding carboxylic acids is 1. The van der Waals surface area contributed by atoms with Gasteiger partial charge < -0.3 is 14.6 Å². The van der Waals surface area contributed by atoms with Crippen molar-refractivity contribution in [3.05, 3.63) is 64.5 Å². The molecule has 1 amide bonds. The van der Waals surface area contributed by atoms with Crippen molar-refractivity contribution < 1.29 is 14.1 Å². The van der Waals surface area contributed by atoms with E-state index in [1.807, 2.05) is 62.4 Å². The molecule has 1 fully saturated rings. The Balaban J connectivity index is 1.26. The number of hydrogen-bond acceptors (Lipinski definition) is 6. The van der Waals surface area contributed by atoms with Gasteiger partial charge in [0.2, 0.25) is 17.6 Å². The normalized spacial score (nSPS) is 17.5. The average Bonchev–Trinajstić information content (AvgIpc) is 3.27. The molecule has 1 N–H and O–H groups in total. The number of hydrogen-bond donors (Lipinski definition) is 1. The van der Waals surface area contributed by atoms with Crippen molar-refractivity contribution in [2.75, 3.05) is 19.7 Å². The van der Waals surface area contributed by atoms with E-state index in [9.17, 15) is 4.79 Å². The molecular formula is C25H29BrN4O3. The van der Waals surface area contributed by atoms with E-state index in [1.165, 1.54) is 5.56 Å². The maximum Gasteiger partial charge on any atom is 0.241 e. The molecule has 3 aromatic rings. The Bertz CT molecular complexity index is 1070. The Labute approximate surface area is 202 Å². The van der Waals surface area contributed by atoms with Crippen LogP contribution in [0.5, 0.6) is 5.75 Å². The molecule has 0 radical (unpaired) electrons. The monoisotopic (exact) mass is 512 g/mol. The quantitative estimate of drug-likeness (QED) is 0.474. The molecule has 174 valence electrons. The van der Waals surface area contributed by atoms with Crippen molar-refractivity contribution in [2.24, 2.45) is 5.92 Å². The Hall–Kier alpha value is -2.71. The zero-order valence-corrected chi connectivity index (χ0v) is 20.5. The molecule has 8 heteroatoms. The van der Waals surface area contributed by atoms with Gasteiger partial charge in [-0.05, 0) is 57.5 Å². The summed E-state index contributed by atoms with van der Waals surface area (Å²) in [5.74, 6) is 1.95. The number of aromatic nitrogens is 2. The van der Waals surface area contributed by atoms with E-state index in [4.69, 9.17) is 9.26 Å². The number of ether oxygens (including phenoxy) is 1. The Morgan fingerprint density at radius 1 is 1.30 bits per heavy atom. The highest BCUT2D eigenvalue weighted by atomic mass is 79.9. The fourth-order valence-corrected chi connectivity index (χ4v) is 4.33. The molecule has 0 spiro atoms. The highest BCUT2D eigenvalue weighted by Gasteiger charge is 2.27. The first-order valence-corrected chi connectivity index (χ1v) is 12.1. The molecule has 1 aliphatic heterocycles. The van der Waals surface area contributed by atoms with Crippen molar-refractivity contribution in [3.63, 3.8) is 0 Å². The summed E-state index contributed by atoms with van der Waals surface area (Å²) >= 11 is 3.47. The maximum absolute atomic E-state index is 12.8. The second-order valence-electron chi connectivity index (χ2n) is 8.63. The topological polar surface area (TPSA) is 80.5 Å². The number of likely N-dealkylation sites (tertiary alicyclic amines) is 1. The van der Waals surface area contributed by atoms with Gasteiger partial charge in [0.15, 0.2) is 0 Å². The van der Waals surface area contributed by atoms with Crippen LogP contribution in [0.15, 0.2) is 57.5 Å². The van der Waals surface area contributed by atoms with Crippen molar-refractivity contribution in [3.8, 4) is 17.1 Å². The molecule has 1 aromatic heterocycles. The van der Waals surface area contributed by atoms with Crippen LogP contribution in [0.2, 0.25) is 0 Å². The number of amides is 1. The van der Waals surface area contributed by atoms with E-state index in [-0.39, 0.29) is 17.9 Å². The molecular weight excluding hydrogens is 484 g/mol. The summed E-state index contributed by atoms with van der Waals surface area (Å²) in [6.45, 7) is 6.56. The van der Waals surface area contributed by atoms with Gasteiger partial charge in [-0.3, -0.25) is 9.69 Å². The lowest BCUT2D eigenvalue weighted by molar-refractivity contribution is -0.127. The Morgan fingerprint density at radius 3 is 2.91 bits per heavy atom. The van der Waals surface area contributed by atoms with Gasteiger partial charge in [-0.2, -0.15) is 4.98 Å². The summed E-state index contributed by atoms with van der Waals surface area (Å²) in [6.07, 6.45) is 1.83. The lowest BCUT2D eigenvalue weighted by atomic mass is 9.97. The molecule has 2 unspecified atom stereocenters. The Morgan fingerprint density at radius 2 is 2.12 bits per heavy atom. The molecule has 4 rings (SSSR count). The molecule has 0 saturated carbocycles. The highest BCUT2D eigenvalue weighted by Crippen LogP contribution is 2.22.